The van der Waals surface area contributed by atoms with Crippen LogP contribution in [0.15, 0.2) is 36.4 Å². The average Bonchev–Trinajstić information content (AvgIpc) is 3.94. The third-order valence-corrected chi connectivity index (χ3v) is 12.8. The summed E-state index contributed by atoms with van der Waals surface area (Å²) in [4.78, 5) is 28.9. The lowest BCUT2D eigenvalue weighted by molar-refractivity contribution is -0.128. The maximum Gasteiger partial charge on any atom is 0.294 e. The summed E-state index contributed by atoms with van der Waals surface area (Å²) in [5.74, 6) is 1.70. The van der Waals surface area contributed by atoms with Crippen LogP contribution in [0.1, 0.15) is 93.9 Å². The van der Waals surface area contributed by atoms with Crippen molar-refractivity contribution in [2.45, 2.75) is 95.0 Å². The van der Waals surface area contributed by atoms with Gasteiger partial charge in [0.2, 0.25) is 5.91 Å². The molecule has 2 N–H and O–H groups in total. The van der Waals surface area contributed by atoms with E-state index in [-0.39, 0.29) is 23.2 Å². The zero-order valence-electron chi connectivity index (χ0n) is 29.1. The van der Waals surface area contributed by atoms with Crippen molar-refractivity contribution in [1.82, 2.24) is 9.62 Å². The second-order valence-electron chi connectivity index (χ2n) is 14.6. The van der Waals surface area contributed by atoms with Gasteiger partial charge in [-0.25, -0.2) is 0 Å². The first-order valence-electron chi connectivity index (χ1n) is 18.1. The van der Waals surface area contributed by atoms with Gasteiger partial charge >= 0.3 is 0 Å². The lowest BCUT2D eigenvalue weighted by Crippen LogP contribution is -2.47. The highest BCUT2D eigenvalue weighted by atomic mass is 35.5. The number of aliphatic hydroxyl groups is 1. The molecular formula is C38H52ClN3O6S. The lowest BCUT2D eigenvalue weighted by atomic mass is 9.67. The number of carbonyl (C=O) groups is 2. The Morgan fingerprint density at radius 1 is 1.16 bits per heavy atom. The topological polar surface area (TPSA) is 114 Å². The fourth-order valence-corrected chi connectivity index (χ4v) is 9.00. The van der Waals surface area contributed by atoms with E-state index >= 15 is 0 Å². The maximum absolute atomic E-state index is 12.9. The van der Waals surface area contributed by atoms with Crippen molar-refractivity contribution in [3.63, 3.8) is 0 Å². The number of hydrogen-bond acceptors (Lipinski definition) is 7. The third kappa shape index (κ3) is 8.87. The number of amides is 2. The van der Waals surface area contributed by atoms with E-state index < -0.39 is 23.4 Å². The number of carbonyl (C=O) groups excluding carboxylic acids is 2. The number of benzene rings is 2. The Kier molecular flexibility index (Phi) is 12.0. The van der Waals surface area contributed by atoms with Crippen LogP contribution >= 0.6 is 11.6 Å². The minimum absolute atomic E-state index is 0.0183. The fraction of sp³-hybridized carbons (Fsp3) is 0.632. The normalized spacial score (nSPS) is 26.4. The van der Waals surface area contributed by atoms with Gasteiger partial charge in [-0.05, 0) is 97.2 Å². The second-order valence-corrected chi connectivity index (χ2v) is 16.5. The summed E-state index contributed by atoms with van der Waals surface area (Å²) < 4.78 is 27.8. The van der Waals surface area contributed by atoms with Crippen LogP contribution in [0.3, 0.4) is 0 Å². The summed E-state index contributed by atoms with van der Waals surface area (Å²) >= 11 is 4.97. The van der Waals surface area contributed by atoms with Crippen LogP contribution in [-0.4, -0.2) is 77.6 Å². The molecule has 7 atom stereocenters. The van der Waals surface area contributed by atoms with Crippen molar-refractivity contribution in [2.75, 3.05) is 44.8 Å². The first kappa shape index (κ1) is 36.3. The molecule has 3 fully saturated rings. The Bertz CT molecular complexity index is 1470. The predicted octanol–water partition coefficient (Wildman–Crippen LogP) is 5.94. The molecule has 9 nitrogen and oxygen atoms in total. The molecule has 7 unspecified atom stereocenters. The molecular weight excluding hydrogens is 662 g/mol. The zero-order valence-corrected chi connectivity index (χ0v) is 30.6. The number of anilines is 1. The lowest BCUT2D eigenvalue weighted by Gasteiger charge is -2.47. The molecule has 2 saturated carbocycles. The monoisotopic (exact) mass is 713 g/mol. The predicted molar refractivity (Wildman–Crippen MR) is 193 cm³/mol. The van der Waals surface area contributed by atoms with Gasteiger partial charge in [-0.1, -0.05) is 37.1 Å². The van der Waals surface area contributed by atoms with Crippen molar-refractivity contribution >= 4 is 40.5 Å². The quantitative estimate of drug-likeness (QED) is 0.247. The SMILES string of the molecule is CCCc1cc(Cl)ccc1C1COc2ccc(C(O)C(=O)N[S+]([O-])C3CC3)cc2N(CC2CCC2C2CC(CCN(C)C(C)=O)CCO2)C1. The molecule has 0 bridgehead atoms. The summed E-state index contributed by atoms with van der Waals surface area (Å²) in [6.45, 7) is 7.36. The molecule has 4 aliphatic rings. The van der Waals surface area contributed by atoms with Crippen LogP contribution in [0.5, 0.6) is 5.75 Å². The number of nitrogens with zero attached hydrogens (tertiary/aromatic N) is 2. The van der Waals surface area contributed by atoms with Crippen molar-refractivity contribution < 1.29 is 28.7 Å². The number of ether oxygens (including phenoxy) is 2. The molecule has 0 aromatic heterocycles. The highest BCUT2D eigenvalue weighted by Crippen LogP contribution is 2.45. The Hall–Kier alpha value is -2.50. The zero-order chi connectivity index (χ0) is 34.7. The van der Waals surface area contributed by atoms with Crippen LogP contribution < -0.4 is 14.4 Å². The highest BCUT2D eigenvalue weighted by molar-refractivity contribution is 7.90. The summed E-state index contributed by atoms with van der Waals surface area (Å²) in [5, 5.41) is 11.8. The van der Waals surface area contributed by atoms with Gasteiger partial charge < -0.3 is 28.9 Å². The van der Waals surface area contributed by atoms with E-state index in [1.165, 1.54) is 11.1 Å². The van der Waals surface area contributed by atoms with Crippen LogP contribution in [0.25, 0.3) is 0 Å². The van der Waals surface area contributed by atoms with Gasteiger partial charge in [-0.2, -0.15) is 4.72 Å². The van der Waals surface area contributed by atoms with E-state index in [0.717, 1.165) is 100 Å². The molecule has 2 aliphatic heterocycles. The minimum atomic E-state index is -1.48. The van der Waals surface area contributed by atoms with E-state index in [9.17, 15) is 19.2 Å². The number of fused-ring (bicyclic) bond motifs is 1. The fourth-order valence-electron chi connectivity index (χ4n) is 7.76. The molecule has 2 amide bonds. The molecule has 0 radical (unpaired) electrons. The van der Waals surface area contributed by atoms with Crippen molar-refractivity contribution in [3.8, 4) is 5.75 Å². The van der Waals surface area contributed by atoms with Crippen LogP contribution in [0.4, 0.5) is 5.69 Å². The van der Waals surface area contributed by atoms with E-state index in [0.29, 0.717) is 29.9 Å². The van der Waals surface area contributed by atoms with Gasteiger partial charge in [-0.3, -0.25) is 9.59 Å². The third-order valence-electron chi connectivity index (χ3n) is 11.1. The molecule has 268 valence electrons. The van der Waals surface area contributed by atoms with Crippen LogP contribution in [-0.2, 0) is 32.1 Å². The molecule has 2 aromatic rings. The molecule has 49 heavy (non-hydrogen) atoms. The Morgan fingerprint density at radius 2 is 1.98 bits per heavy atom. The summed E-state index contributed by atoms with van der Waals surface area (Å²) in [7, 11) is 1.87. The second kappa shape index (κ2) is 16.2. The number of aliphatic hydroxyl groups excluding tert-OH is 1. The number of halogens is 1. The van der Waals surface area contributed by atoms with Crippen molar-refractivity contribution in [3.05, 3.63) is 58.1 Å². The van der Waals surface area contributed by atoms with E-state index in [1.807, 2.05) is 25.2 Å². The number of rotatable bonds is 13. The van der Waals surface area contributed by atoms with Gasteiger partial charge in [-0.15, -0.1) is 0 Å². The molecule has 6 rings (SSSR count). The summed E-state index contributed by atoms with van der Waals surface area (Å²) in [6, 6.07) is 11.6. The maximum atomic E-state index is 12.9. The standard InChI is InChI=1S/C38H52ClN3O6S/c1-4-5-26-19-30(39)8-12-32(26)29-22-42(21-28-6-11-33(28)36-18-25(15-17-47-36)14-16-41(3)24(2)43)34-20-27(7-13-35(34)48-23-29)37(44)38(45)40-49(46)31-9-10-31/h7-8,12-13,19-20,25,28-29,31,33,36-37,44H,4-6,9-11,14-18,21-23H2,1-3H3,(H,40,45). The van der Waals surface area contributed by atoms with Gasteiger partial charge in [0.25, 0.3) is 5.91 Å². The Morgan fingerprint density at radius 3 is 2.69 bits per heavy atom. The number of nitrogens with one attached hydrogen (secondary N) is 1. The van der Waals surface area contributed by atoms with Gasteiger partial charge in [0.05, 0.1) is 29.8 Å². The van der Waals surface area contributed by atoms with Crippen molar-refractivity contribution in [1.29, 1.82) is 0 Å². The van der Waals surface area contributed by atoms with Crippen LogP contribution in [0.2, 0.25) is 5.02 Å². The van der Waals surface area contributed by atoms with Gasteiger partial charge in [0.15, 0.2) is 6.10 Å². The first-order chi connectivity index (χ1) is 23.6. The molecule has 0 spiro atoms. The summed E-state index contributed by atoms with van der Waals surface area (Å²) in [6.07, 6.45) is 7.66. The van der Waals surface area contributed by atoms with Gasteiger partial charge in [0, 0.05) is 64.0 Å². The first-order valence-corrected chi connectivity index (χ1v) is 19.7. The number of aryl methyl sites for hydroxylation is 1. The molecule has 1 saturated heterocycles. The average molecular weight is 714 g/mol. The van der Waals surface area contributed by atoms with Gasteiger partial charge in [0.1, 0.15) is 11.0 Å². The van der Waals surface area contributed by atoms with E-state index in [1.54, 1.807) is 17.9 Å². The minimum Gasteiger partial charge on any atom is -0.593 e. The molecule has 2 aliphatic carbocycles. The van der Waals surface area contributed by atoms with Crippen LogP contribution in [0, 0.1) is 17.8 Å². The molecule has 11 heteroatoms. The largest absolute Gasteiger partial charge is 0.593 e. The summed E-state index contributed by atoms with van der Waals surface area (Å²) in [5.41, 5.74) is 3.80. The van der Waals surface area contributed by atoms with E-state index in [2.05, 4.69) is 28.7 Å². The molecule has 2 aromatic carbocycles. The van der Waals surface area contributed by atoms with Crippen molar-refractivity contribution in [2.24, 2.45) is 17.8 Å². The Labute approximate surface area is 299 Å². The van der Waals surface area contributed by atoms with E-state index in [4.69, 9.17) is 21.1 Å². The number of hydrogen-bond donors (Lipinski definition) is 2. The Balaban J connectivity index is 1.22. The smallest absolute Gasteiger partial charge is 0.294 e. The highest BCUT2D eigenvalue weighted by Gasteiger charge is 2.42. The molecule has 2 heterocycles.